The van der Waals surface area contributed by atoms with Gasteiger partial charge in [0, 0.05) is 29.7 Å². The van der Waals surface area contributed by atoms with Crippen LogP contribution in [0.25, 0.3) is 0 Å². The zero-order chi connectivity index (χ0) is 30.8. The topological polar surface area (TPSA) is 44.8 Å². The lowest BCUT2D eigenvalue weighted by Crippen LogP contribution is -2.45. The quantitative estimate of drug-likeness (QED) is 0.0573. The minimum absolute atomic E-state index is 0.194. The van der Waals surface area contributed by atoms with E-state index in [9.17, 15) is 18.0 Å². The van der Waals surface area contributed by atoms with Crippen LogP contribution in [-0.4, -0.2) is 19.9 Å². The smallest absolute Gasteiger partial charge is 0.316 e. The summed E-state index contributed by atoms with van der Waals surface area (Å²) in [5.74, 6) is -10.7. The molecule has 0 saturated heterocycles. The average Bonchev–Trinajstić information content (AvgIpc) is 3.00. The van der Waals surface area contributed by atoms with Gasteiger partial charge in [-0.3, -0.25) is 4.79 Å². The van der Waals surface area contributed by atoms with E-state index in [0.29, 0.717) is 22.3 Å². The summed E-state index contributed by atoms with van der Waals surface area (Å²) in [7, 11) is 1.42. The molecule has 4 aromatic rings. The first-order valence-electron chi connectivity index (χ1n) is 13.6. The summed E-state index contributed by atoms with van der Waals surface area (Å²) in [5.41, 5.74) is 0.263. The SMILES string of the molecule is COCOc1ccc(OC(=O)C(C)(C)C)c2c1C1(Cc3c(F)c(F)c(F)c(F)c3F)c3ccccc3C2c2ccccc21. The van der Waals surface area contributed by atoms with Crippen LogP contribution in [0.2, 0.25) is 0 Å². The summed E-state index contributed by atoms with van der Waals surface area (Å²) in [4.78, 5) is 13.1. The molecular formula is C34H27F5O4. The molecule has 7 rings (SSSR count). The molecule has 222 valence electrons. The highest BCUT2D eigenvalue weighted by Gasteiger charge is 2.55. The second-order valence-electron chi connectivity index (χ2n) is 11.8. The monoisotopic (exact) mass is 594 g/mol. The molecule has 4 nitrogen and oxygen atoms in total. The number of halogens is 5. The first-order valence-corrected chi connectivity index (χ1v) is 13.6. The molecule has 3 aliphatic carbocycles. The molecule has 0 radical (unpaired) electrons. The molecule has 0 heterocycles. The lowest BCUT2D eigenvalue weighted by atomic mass is 9.51. The number of hydrogen-bond donors (Lipinski definition) is 0. The number of hydrogen-bond acceptors (Lipinski definition) is 4. The molecule has 9 heteroatoms. The standard InChI is InChI=1S/C34H27F5O4/c1-33(2,3)32(40)43-22-13-14-23(42-16-41-4)26-25(22)24-17-9-5-7-11-20(17)34(26,21-12-8-6-10-18(21)24)15-19-27(35)29(37)31(39)30(38)28(19)36/h5-14,24H,15-16H2,1-4H3. The van der Waals surface area contributed by atoms with Gasteiger partial charge in [0.15, 0.2) is 30.1 Å². The van der Waals surface area contributed by atoms with Crippen LogP contribution >= 0.6 is 0 Å². The van der Waals surface area contributed by atoms with Gasteiger partial charge in [-0.25, -0.2) is 22.0 Å². The van der Waals surface area contributed by atoms with Crippen molar-refractivity contribution in [2.75, 3.05) is 13.9 Å². The van der Waals surface area contributed by atoms with Gasteiger partial charge in [0.1, 0.15) is 11.5 Å². The van der Waals surface area contributed by atoms with Crippen LogP contribution in [0.3, 0.4) is 0 Å². The summed E-state index contributed by atoms with van der Waals surface area (Å²) in [5, 5.41) is 0. The molecule has 0 atom stereocenters. The van der Waals surface area contributed by atoms with Crippen molar-refractivity contribution in [1.29, 1.82) is 0 Å². The predicted octanol–water partition coefficient (Wildman–Crippen LogP) is 7.70. The van der Waals surface area contributed by atoms with E-state index in [4.69, 9.17) is 14.2 Å². The Morgan fingerprint density at radius 2 is 1.28 bits per heavy atom. The number of esters is 1. The van der Waals surface area contributed by atoms with Crippen molar-refractivity contribution in [1.82, 2.24) is 0 Å². The molecule has 4 aromatic carbocycles. The Labute approximate surface area is 245 Å². The minimum atomic E-state index is -2.23. The Hall–Kier alpha value is -4.24. The molecule has 0 fully saturated rings. The third kappa shape index (κ3) is 4.16. The molecule has 0 N–H and O–H groups in total. The van der Waals surface area contributed by atoms with Crippen LogP contribution < -0.4 is 9.47 Å². The van der Waals surface area contributed by atoms with Gasteiger partial charge in [0.05, 0.1) is 10.8 Å². The van der Waals surface area contributed by atoms with Gasteiger partial charge in [0.25, 0.3) is 0 Å². The van der Waals surface area contributed by atoms with Crippen molar-refractivity contribution in [2.24, 2.45) is 5.41 Å². The summed E-state index contributed by atoms with van der Waals surface area (Å²) in [6.07, 6.45) is -0.646. The van der Waals surface area contributed by atoms with Crippen LogP contribution in [0.4, 0.5) is 22.0 Å². The Balaban J connectivity index is 1.75. The van der Waals surface area contributed by atoms with E-state index in [1.807, 2.05) is 12.1 Å². The van der Waals surface area contributed by atoms with Crippen LogP contribution in [-0.2, 0) is 21.4 Å². The number of methoxy groups -OCH3 is 1. The lowest BCUT2D eigenvalue weighted by Gasteiger charge is -2.51. The maximum atomic E-state index is 15.4. The van der Waals surface area contributed by atoms with E-state index in [1.54, 1.807) is 69.3 Å². The van der Waals surface area contributed by atoms with Gasteiger partial charge in [0.2, 0.25) is 5.82 Å². The molecule has 0 unspecified atom stereocenters. The van der Waals surface area contributed by atoms with Crippen molar-refractivity contribution in [2.45, 2.75) is 38.5 Å². The fourth-order valence-corrected chi connectivity index (χ4v) is 6.41. The van der Waals surface area contributed by atoms with E-state index in [0.717, 1.165) is 11.1 Å². The summed E-state index contributed by atoms with van der Waals surface area (Å²) in [6.45, 7) is 4.93. The maximum absolute atomic E-state index is 15.4. The number of carbonyl (C=O) groups is 1. The summed E-state index contributed by atoms with van der Waals surface area (Å²) >= 11 is 0. The van der Waals surface area contributed by atoms with Crippen molar-refractivity contribution >= 4 is 5.97 Å². The molecule has 0 amide bonds. The van der Waals surface area contributed by atoms with Crippen LogP contribution in [0, 0.1) is 34.5 Å². The molecule has 0 aliphatic heterocycles. The Kier molecular flexibility index (Phi) is 6.84. The van der Waals surface area contributed by atoms with E-state index < -0.39 is 63.8 Å². The lowest BCUT2D eigenvalue weighted by molar-refractivity contribution is -0.143. The van der Waals surface area contributed by atoms with Crippen LogP contribution in [0.15, 0.2) is 60.7 Å². The fourth-order valence-electron chi connectivity index (χ4n) is 6.41. The van der Waals surface area contributed by atoms with Crippen molar-refractivity contribution in [3.05, 3.63) is 129 Å². The zero-order valence-electron chi connectivity index (χ0n) is 23.8. The summed E-state index contributed by atoms with van der Waals surface area (Å²) < 4.78 is 91.3. The third-order valence-corrected chi connectivity index (χ3v) is 8.24. The van der Waals surface area contributed by atoms with Crippen molar-refractivity contribution < 1.29 is 41.0 Å². The molecule has 3 aliphatic rings. The molecule has 0 saturated carbocycles. The second kappa shape index (κ2) is 10.2. The van der Waals surface area contributed by atoms with E-state index in [-0.39, 0.29) is 18.3 Å². The van der Waals surface area contributed by atoms with Crippen molar-refractivity contribution in [3.63, 3.8) is 0 Å². The Morgan fingerprint density at radius 3 is 1.81 bits per heavy atom. The van der Waals surface area contributed by atoms with Gasteiger partial charge in [-0.05, 0) is 61.6 Å². The highest BCUT2D eigenvalue weighted by molar-refractivity contribution is 5.82. The van der Waals surface area contributed by atoms with E-state index >= 15 is 8.78 Å². The minimum Gasteiger partial charge on any atom is -0.467 e. The molecular weight excluding hydrogens is 567 g/mol. The zero-order valence-corrected chi connectivity index (χ0v) is 23.8. The number of rotatable bonds is 6. The highest BCUT2D eigenvalue weighted by Crippen LogP contribution is 2.64. The average molecular weight is 595 g/mol. The number of carbonyl (C=O) groups excluding carboxylic acids is 1. The van der Waals surface area contributed by atoms with Gasteiger partial charge in [-0.2, -0.15) is 0 Å². The molecule has 2 bridgehead atoms. The highest BCUT2D eigenvalue weighted by atomic mass is 19.2. The first kappa shape index (κ1) is 28.9. The van der Waals surface area contributed by atoms with Crippen molar-refractivity contribution in [3.8, 4) is 11.5 Å². The Morgan fingerprint density at radius 1 is 0.767 bits per heavy atom. The number of benzene rings is 4. The molecule has 0 spiro atoms. The van der Waals surface area contributed by atoms with Crippen LogP contribution in [0.1, 0.15) is 65.6 Å². The van der Waals surface area contributed by atoms with Gasteiger partial charge < -0.3 is 14.2 Å². The van der Waals surface area contributed by atoms with Gasteiger partial charge >= 0.3 is 5.97 Å². The molecule has 43 heavy (non-hydrogen) atoms. The normalized spacial score (nSPS) is 18.1. The maximum Gasteiger partial charge on any atom is 0.316 e. The van der Waals surface area contributed by atoms with Crippen LogP contribution in [0.5, 0.6) is 11.5 Å². The largest absolute Gasteiger partial charge is 0.467 e. The van der Waals surface area contributed by atoms with E-state index in [1.165, 1.54) is 7.11 Å². The fraction of sp³-hybridized carbons (Fsp3) is 0.265. The number of ether oxygens (including phenoxy) is 3. The molecule has 0 aromatic heterocycles. The Bertz CT molecular complexity index is 1720. The predicted molar refractivity (Wildman–Crippen MR) is 148 cm³/mol. The summed E-state index contributed by atoms with van der Waals surface area (Å²) in [6, 6.07) is 17.5. The van der Waals surface area contributed by atoms with E-state index in [2.05, 4.69) is 0 Å². The third-order valence-electron chi connectivity index (χ3n) is 8.24. The second-order valence-corrected chi connectivity index (χ2v) is 11.8. The first-order chi connectivity index (χ1) is 20.4. The van der Waals surface area contributed by atoms with Gasteiger partial charge in [-0.15, -0.1) is 0 Å². The van der Waals surface area contributed by atoms with Gasteiger partial charge in [-0.1, -0.05) is 48.5 Å².